The molecule has 2 N–H and O–H groups in total. The molecule has 0 saturated heterocycles. The van der Waals surface area contributed by atoms with Crippen molar-refractivity contribution in [3.63, 3.8) is 0 Å². The zero-order valence-electron chi connectivity index (χ0n) is 19.7. The maximum absolute atomic E-state index is 11.6. The zero-order chi connectivity index (χ0) is 24.8. The minimum atomic E-state index is -4.49. The molecule has 0 aliphatic rings. The van der Waals surface area contributed by atoms with Crippen LogP contribution < -0.4 is 0 Å². The van der Waals surface area contributed by atoms with Crippen molar-refractivity contribution >= 4 is 10.1 Å². The highest BCUT2D eigenvalue weighted by Gasteiger charge is 2.22. The van der Waals surface area contributed by atoms with Crippen LogP contribution in [0, 0.1) is 0 Å². The molecule has 180 valence electrons. The minimum absolute atomic E-state index is 0.181. The van der Waals surface area contributed by atoms with E-state index in [0.29, 0.717) is 24.3 Å². The molecule has 4 nitrogen and oxygen atoms in total. The van der Waals surface area contributed by atoms with Gasteiger partial charge in [-0.25, -0.2) is 0 Å². The lowest BCUT2D eigenvalue weighted by molar-refractivity contribution is 0.437. The third-order valence-corrected chi connectivity index (χ3v) is 7.50. The van der Waals surface area contributed by atoms with Crippen LogP contribution >= 0.6 is 0 Å². The lowest BCUT2D eigenvalue weighted by Gasteiger charge is -2.25. The van der Waals surface area contributed by atoms with Crippen molar-refractivity contribution < 1.29 is 18.1 Å². The Morgan fingerprint density at radius 3 is 1.89 bits per heavy atom. The molecule has 35 heavy (non-hydrogen) atoms. The first-order valence-electron chi connectivity index (χ1n) is 11.8. The summed E-state index contributed by atoms with van der Waals surface area (Å²) in [6.45, 7) is 2.26. The van der Waals surface area contributed by atoms with E-state index in [9.17, 15) is 18.1 Å². The van der Waals surface area contributed by atoms with Crippen molar-refractivity contribution in [3.05, 3.63) is 131 Å². The summed E-state index contributed by atoms with van der Waals surface area (Å²) >= 11 is 0. The molecule has 0 saturated carbocycles. The average Bonchev–Trinajstić information content (AvgIpc) is 2.87. The summed E-state index contributed by atoms with van der Waals surface area (Å²) in [5, 5.41) is 10.5. The van der Waals surface area contributed by atoms with Crippen molar-refractivity contribution in [1.82, 2.24) is 0 Å². The van der Waals surface area contributed by atoms with Gasteiger partial charge in [-0.15, -0.1) is 0 Å². The second-order valence-electron chi connectivity index (χ2n) is 8.95. The van der Waals surface area contributed by atoms with E-state index in [1.54, 1.807) is 12.1 Å². The number of aryl methyl sites for hydroxylation is 2. The first-order chi connectivity index (χ1) is 16.8. The summed E-state index contributed by atoms with van der Waals surface area (Å²) in [6, 6.07) is 33.8. The summed E-state index contributed by atoms with van der Waals surface area (Å²) in [5.41, 5.74) is 5.42. The molecule has 0 heterocycles. The van der Waals surface area contributed by atoms with Crippen LogP contribution in [0.5, 0.6) is 5.75 Å². The van der Waals surface area contributed by atoms with Gasteiger partial charge in [-0.3, -0.25) is 4.55 Å². The zero-order valence-corrected chi connectivity index (χ0v) is 20.5. The molecule has 0 amide bonds. The first-order valence-corrected chi connectivity index (χ1v) is 13.2. The number of phenolic OH excluding ortho intramolecular Hbond substituents is 1. The molecule has 4 rings (SSSR count). The molecule has 0 aliphatic heterocycles. The van der Waals surface area contributed by atoms with Crippen LogP contribution in [-0.2, 0) is 23.0 Å². The van der Waals surface area contributed by atoms with Gasteiger partial charge < -0.3 is 5.11 Å². The quantitative estimate of drug-likeness (QED) is 0.257. The molecule has 0 fully saturated rings. The van der Waals surface area contributed by atoms with Gasteiger partial charge in [0.1, 0.15) is 10.6 Å². The van der Waals surface area contributed by atoms with E-state index in [1.807, 2.05) is 18.2 Å². The van der Waals surface area contributed by atoms with Crippen LogP contribution in [0.1, 0.15) is 53.0 Å². The largest absolute Gasteiger partial charge is 0.506 e. The molecular formula is C30H30O4S. The number of benzene rings is 4. The summed E-state index contributed by atoms with van der Waals surface area (Å²) in [6.07, 6.45) is 2.01. The topological polar surface area (TPSA) is 74.6 Å². The maximum Gasteiger partial charge on any atom is 0.298 e. The standard InChI is InChI=1S/C30H30O4S/c1-22(23-11-4-2-5-12-23)21-28(24-13-6-3-7-14-24)27-17-9-8-15-25(27)19-20-26-16-10-18-29(30(26)31)35(32,33)34/h2-18,22,28,31H,19-21H2,1H3,(H,32,33,34). The molecule has 0 radical (unpaired) electrons. The Balaban J connectivity index is 1.66. The van der Waals surface area contributed by atoms with Crippen molar-refractivity contribution in [2.45, 2.75) is 42.9 Å². The van der Waals surface area contributed by atoms with E-state index >= 15 is 0 Å². The van der Waals surface area contributed by atoms with Gasteiger partial charge in [0.2, 0.25) is 0 Å². The fraction of sp³-hybridized carbons (Fsp3) is 0.200. The number of aromatic hydroxyl groups is 1. The van der Waals surface area contributed by atoms with E-state index in [0.717, 1.165) is 12.0 Å². The van der Waals surface area contributed by atoms with Crippen LogP contribution in [0.15, 0.2) is 108 Å². The third kappa shape index (κ3) is 5.99. The molecular weight excluding hydrogens is 456 g/mol. The molecule has 2 atom stereocenters. The number of rotatable bonds is 9. The molecule has 0 aliphatic carbocycles. The highest BCUT2D eigenvalue weighted by Crippen LogP contribution is 2.37. The van der Waals surface area contributed by atoms with Gasteiger partial charge in [0.15, 0.2) is 0 Å². The number of hydrogen-bond donors (Lipinski definition) is 2. The molecule has 0 spiro atoms. The van der Waals surface area contributed by atoms with E-state index in [2.05, 4.69) is 73.7 Å². The highest BCUT2D eigenvalue weighted by atomic mass is 32.2. The normalized spacial score (nSPS) is 13.3. The summed E-state index contributed by atoms with van der Waals surface area (Å²) in [7, 11) is -4.49. The van der Waals surface area contributed by atoms with Gasteiger partial charge in [-0.2, -0.15) is 8.42 Å². The summed E-state index contributed by atoms with van der Waals surface area (Å²) in [4.78, 5) is -0.456. The minimum Gasteiger partial charge on any atom is -0.506 e. The van der Waals surface area contributed by atoms with Gasteiger partial charge in [0, 0.05) is 5.92 Å². The molecule has 0 aromatic heterocycles. The van der Waals surface area contributed by atoms with Crippen LogP contribution in [0.25, 0.3) is 0 Å². The van der Waals surface area contributed by atoms with Crippen molar-refractivity contribution in [1.29, 1.82) is 0 Å². The Hall–Kier alpha value is -3.41. The number of hydrogen-bond acceptors (Lipinski definition) is 3. The van der Waals surface area contributed by atoms with Crippen molar-refractivity contribution in [2.24, 2.45) is 0 Å². The second kappa shape index (κ2) is 10.9. The van der Waals surface area contributed by atoms with E-state index in [-0.39, 0.29) is 11.7 Å². The third-order valence-electron chi connectivity index (χ3n) is 6.61. The molecule has 4 aromatic carbocycles. The second-order valence-corrected chi connectivity index (χ2v) is 10.3. The van der Waals surface area contributed by atoms with Crippen molar-refractivity contribution in [3.8, 4) is 5.75 Å². The van der Waals surface area contributed by atoms with Gasteiger partial charge >= 0.3 is 0 Å². The first kappa shape index (κ1) is 24.7. The van der Waals surface area contributed by atoms with E-state index < -0.39 is 15.0 Å². The van der Waals surface area contributed by atoms with E-state index in [4.69, 9.17) is 0 Å². The predicted octanol–water partition coefficient (Wildman–Crippen LogP) is 6.75. The molecule has 5 heteroatoms. The Morgan fingerprint density at radius 2 is 1.23 bits per heavy atom. The fourth-order valence-corrected chi connectivity index (χ4v) is 5.37. The van der Waals surface area contributed by atoms with Crippen LogP contribution in [0.2, 0.25) is 0 Å². The Bertz CT molecular complexity index is 1370. The number of phenols is 1. The van der Waals surface area contributed by atoms with Gasteiger partial charge in [0.25, 0.3) is 10.1 Å². The smallest absolute Gasteiger partial charge is 0.298 e. The average molecular weight is 487 g/mol. The highest BCUT2D eigenvalue weighted by molar-refractivity contribution is 7.86. The maximum atomic E-state index is 11.6. The van der Waals surface area contributed by atoms with Crippen LogP contribution in [-0.4, -0.2) is 18.1 Å². The van der Waals surface area contributed by atoms with Crippen LogP contribution in [0.3, 0.4) is 0 Å². The lowest BCUT2D eigenvalue weighted by Crippen LogP contribution is -2.09. The Kier molecular flexibility index (Phi) is 7.69. The van der Waals surface area contributed by atoms with Gasteiger partial charge in [0.05, 0.1) is 0 Å². The predicted molar refractivity (Wildman–Crippen MR) is 140 cm³/mol. The monoisotopic (exact) mass is 486 g/mol. The fourth-order valence-electron chi connectivity index (χ4n) is 4.75. The van der Waals surface area contributed by atoms with E-state index in [1.165, 1.54) is 22.8 Å². The SMILES string of the molecule is CC(CC(c1ccccc1)c1ccccc1CCc1cccc(S(=O)(=O)O)c1O)c1ccccc1. The van der Waals surface area contributed by atoms with Gasteiger partial charge in [-0.05, 0) is 59.1 Å². The lowest BCUT2D eigenvalue weighted by atomic mass is 9.79. The summed E-state index contributed by atoms with van der Waals surface area (Å²) < 4.78 is 32.6. The number of para-hydroxylation sites is 1. The molecule has 4 aromatic rings. The molecule has 0 bridgehead atoms. The summed E-state index contributed by atoms with van der Waals surface area (Å²) in [5.74, 6) is 0.148. The Labute approximate surface area is 207 Å². The van der Waals surface area contributed by atoms with Crippen molar-refractivity contribution in [2.75, 3.05) is 0 Å². The van der Waals surface area contributed by atoms with Crippen LogP contribution in [0.4, 0.5) is 0 Å². The van der Waals surface area contributed by atoms with Gasteiger partial charge in [-0.1, -0.05) is 104 Å². The molecule has 2 unspecified atom stereocenters. The Morgan fingerprint density at radius 1 is 0.686 bits per heavy atom.